The third-order valence-corrected chi connectivity index (χ3v) is 1.29. The minimum absolute atomic E-state index is 0. The van der Waals surface area contributed by atoms with Crippen LogP contribution in [-0.2, 0) is 35.4 Å². The zero-order valence-electron chi connectivity index (χ0n) is 8.84. The molecule has 0 aromatic carbocycles. The van der Waals surface area contributed by atoms with Crippen molar-refractivity contribution in [3.8, 4) is 0 Å². The van der Waals surface area contributed by atoms with E-state index in [1.54, 1.807) is 0 Å². The van der Waals surface area contributed by atoms with Crippen LogP contribution in [0.15, 0.2) is 0 Å². The van der Waals surface area contributed by atoms with Crippen molar-refractivity contribution in [2.45, 2.75) is 18.4 Å². The van der Waals surface area contributed by atoms with Crippen molar-refractivity contribution in [1.29, 1.82) is 0 Å². The average molecular weight is 416 g/mol. The van der Waals surface area contributed by atoms with Gasteiger partial charge in [0.2, 0.25) is 0 Å². The van der Waals surface area contributed by atoms with Crippen LogP contribution in [0.1, 0.15) is 14.3 Å². The van der Waals surface area contributed by atoms with Crippen LogP contribution in [-0.4, -0.2) is 43.9 Å². The maximum atomic E-state index is 10.3. The van der Waals surface area contributed by atoms with Crippen LogP contribution in [0.3, 0.4) is 0 Å². The van der Waals surface area contributed by atoms with Gasteiger partial charge in [0.05, 0.1) is 12.8 Å². The van der Waals surface area contributed by atoms with Crippen molar-refractivity contribution >= 4 is 17.9 Å². The molecule has 0 saturated heterocycles. The Balaban J connectivity index is -0.000000240. The molecule has 0 saturated carbocycles. The van der Waals surface area contributed by atoms with Gasteiger partial charge in [0, 0.05) is 21.1 Å². The number of hydrogen-bond acceptors (Lipinski definition) is 4. The van der Waals surface area contributed by atoms with Gasteiger partial charge in [-0.25, -0.2) is 4.79 Å². The summed E-state index contributed by atoms with van der Waals surface area (Å²) in [6.45, 7) is 0. The smallest absolute Gasteiger partial charge is 1.00 e. The van der Waals surface area contributed by atoms with Crippen LogP contribution in [0.4, 0.5) is 0 Å². The molecule has 15 heavy (non-hydrogen) atoms. The number of rotatable bonds is 5. The minimum atomic E-state index is -2.74. The molecule has 0 bridgehead atoms. The molecule has 0 radical (unpaired) electrons. The molecule has 0 aromatic rings. The van der Waals surface area contributed by atoms with Crippen molar-refractivity contribution in [3.05, 3.63) is 0 Å². The van der Waals surface area contributed by atoms with E-state index in [-0.39, 0.29) is 73.9 Å². The first-order chi connectivity index (χ1) is 5.78. The summed E-state index contributed by atoms with van der Waals surface area (Å²) < 4.78 is 0. The maximum Gasteiger partial charge on any atom is 1.00 e. The van der Waals surface area contributed by atoms with E-state index in [0.29, 0.717) is 0 Å². The summed E-state index contributed by atoms with van der Waals surface area (Å²) in [5, 5.41) is 33.8. The fourth-order valence-electron chi connectivity index (χ4n) is 0.714. The summed E-state index contributed by atoms with van der Waals surface area (Å²) in [7, 11) is 0. The largest absolute Gasteiger partial charge is 1.00 e. The quantitative estimate of drug-likeness (QED) is 0.335. The Bertz CT molecular complexity index is 243. The molecule has 82 valence electrons. The van der Waals surface area contributed by atoms with Crippen molar-refractivity contribution in [3.63, 3.8) is 0 Å². The predicted molar refractivity (Wildman–Crippen MR) is 38.2 cm³/mol. The van der Waals surface area contributed by atoms with Gasteiger partial charge in [-0.3, -0.25) is 9.59 Å². The maximum absolute atomic E-state index is 10.3. The fourth-order valence-corrected chi connectivity index (χ4v) is 0.714. The molecule has 9 heteroatoms. The molecule has 0 aliphatic heterocycles. The standard InChI is InChI=1S/C6H8O7.K.W.H/c7-3(8)1-6(13,5(11)12)2-4(9)10;;;/h13H,1-2H2,(H,7,8)(H,9,10)(H,11,12);;;/q;+1;;-1. The van der Waals surface area contributed by atoms with Crippen molar-refractivity contribution < 1.29 is 109 Å². The van der Waals surface area contributed by atoms with E-state index in [0.717, 1.165) is 0 Å². The summed E-state index contributed by atoms with van der Waals surface area (Å²) >= 11 is 0. The summed E-state index contributed by atoms with van der Waals surface area (Å²) in [5.74, 6) is -5.02. The Morgan fingerprint density at radius 1 is 1.00 bits per heavy atom. The number of carboxylic acid groups (broad SMARTS) is 3. The SMILES string of the molecule is O=C(O)CC(O)(CC(=O)O)C(=O)O.[H-].[K+].[W]. The third-order valence-electron chi connectivity index (χ3n) is 1.29. The van der Waals surface area contributed by atoms with Crippen LogP contribution in [0.25, 0.3) is 0 Å². The summed E-state index contributed by atoms with van der Waals surface area (Å²) in [4.78, 5) is 30.5. The predicted octanol–water partition coefficient (Wildman–Crippen LogP) is -4.13. The summed E-state index contributed by atoms with van der Waals surface area (Å²) in [6, 6.07) is 0. The zero-order chi connectivity index (χ0) is 10.6. The van der Waals surface area contributed by atoms with E-state index in [2.05, 4.69) is 0 Å². The van der Waals surface area contributed by atoms with Gasteiger partial charge in [-0.1, -0.05) is 0 Å². The van der Waals surface area contributed by atoms with E-state index in [1.165, 1.54) is 0 Å². The molecule has 0 heterocycles. The van der Waals surface area contributed by atoms with E-state index in [1.807, 2.05) is 0 Å². The van der Waals surface area contributed by atoms with Crippen LogP contribution in [0.2, 0.25) is 0 Å². The zero-order valence-corrected chi connectivity index (χ0v) is 13.9. The van der Waals surface area contributed by atoms with Gasteiger partial charge >= 0.3 is 69.3 Å². The number of hydrogen-bond donors (Lipinski definition) is 4. The van der Waals surface area contributed by atoms with Crippen LogP contribution >= 0.6 is 0 Å². The Hall–Kier alpha value is 0.695. The van der Waals surface area contributed by atoms with E-state index < -0.39 is 36.4 Å². The van der Waals surface area contributed by atoms with Gasteiger partial charge < -0.3 is 21.9 Å². The van der Waals surface area contributed by atoms with Crippen molar-refractivity contribution in [2.75, 3.05) is 0 Å². The molecule has 0 aliphatic carbocycles. The molecule has 0 atom stereocenters. The molecular weight excluding hydrogens is 407 g/mol. The molecule has 0 amide bonds. The van der Waals surface area contributed by atoms with Gasteiger partial charge in [0.1, 0.15) is 0 Å². The van der Waals surface area contributed by atoms with Gasteiger partial charge in [-0.15, -0.1) is 0 Å². The topological polar surface area (TPSA) is 132 Å². The molecule has 0 rings (SSSR count). The monoisotopic (exact) mass is 416 g/mol. The van der Waals surface area contributed by atoms with Gasteiger partial charge in [0.25, 0.3) is 0 Å². The molecular formula is C6H9KO7W. The number of carboxylic acids is 3. The number of aliphatic carboxylic acids is 3. The van der Waals surface area contributed by atoms with Crippen LogP contribution in [0.5, 0.6) is 0 Å². The second kappa shape index (κ2) is 8.80. The Kier molecular flexibility index (Phi) is 12.3. The molecule has 7 nitrogen and oxygen atoms in total. The Labute approximate surface area is 143 Å². The first kappa shape index (κ1) is 21.0. The molecule has 0 fully saturated rings. The second-order valence-corrected chi connectivity index (χ2v) is 2.48. The minimum Gasteiger partial charge on any atom is -1.00 e. The van der Waals surface area contributed by atoms with Crippen LogP contribution in [0, 0.1) is 0 Å². The van der Waals surface area contributed by atoms with Crippen LogP contribution < -0.4 is 51.4 Å². The van der Waals surface area contributed by atoms with Gasteiger partial charge in [0.15, 0.2) is 5.60 Å². The van der Waals surface area contributed by atoms with E-state index in [9.17, 15) is 14.4 Å². The molecule has 0 aliphatic rings. The van der Waals surface area contributed by atoms with E-state index in [4.69, 9.17) is 20.4 Å². The molecule has 0 aromatic heterocycles. The molecule has 4 N–H and O–H groups in total. The Morgan fingerprint density at radius 3 is 1.40 bits per heavy atom. The fraction of sp³-hybridized carbons (Fsp3) is 0.500. The Morgan fingerprint density at radius 2 is 1.27 bits per heavy atom. The third kappa shape index (κ3) is 8.50. The van der Waals surface area contributed by atoms with Gasteiger partial charge in [-0.2, -0.15) is 0 Å². The number of aliphatic hydroxyl groups is 1. The normalized spacial score (nSPS) is 9.40. The molecule has 0 unspecified atom stereocenters. The second-order valence-electron chi connectivity index (χ2n) is 2.48. The van der Waals surface area contributed by atoms with Crippen molar-refractivity contribution in [2.24, 2.45) is 0 Å². The number of carbonyl (C=O) groups is 3. The summed E-state index contributed by atoms with van der Waals surface area (Å²) in [6.07, 6.45) is -2.29. The first-order valence-corrected chi connectivity index (χ1v) is 3.17. The first-order valence-electron chi connectivity index (χ1n) is 3.17. The average Bonchev–Trinajstić information content (AvgIpc) is 1.82. The van der Waals surface area contributed by atoms with Gasteiger partial charge in [-0.05, 0) is 0 Å². The molecule has 0 spiro atoms. The van der Waals surface area contributed by atoms with Crippen molar-refractivity contribution in [1.82, 2.24) is 0 Å². The van der Waals surface area contributed by atoms with E-state index >= 15 is 0 Å². The summed E-state index contributed by atoms with van der Waals surface area (Å²) in [5.41, 5.74) is -2.74.